The van der Waals surface area contributed by atoms with E-state index in [2.05, 4.69) is 5.32 Å². The van der Waals surface area contributed by atoms with Gasteiger partial charge in [0.2, 0.25) is 5.91 Å². The van der Waals surface area contributed by atoms with Gasteiger partial charge in [0.15, 0.2) is 0 Å². The number of amides is 1. The molecule has 1 atom stereocenters. The molecule has 2 aromatic rings. The molecule has 0 bridgehead atoms. The lowest BCUT2D eigenvalue weighted by molar-refractivity contribution is -0.385. The lowest BCUT2D eigenvalue weighted by atomic mass is 10.1. The van der Waals surface area contributed by atoms with Gasteiger partial charge in [0.05, 0.1) is 16.2 Å². The highest BCUT2D eigenvalue weighted by atomic mass is 16.6. The number of carbonyl (C=O) groups is 1. The second kappa shape index (κ2) is 6.15. The zero-order valence-corrected chi connectivity index (χ0v) is 11.4. The molecule has 108 valence electrons. The largest absolute Gasteiger partial charge is 0.324 e. The minimum absolute atomic E-state index is 0.0407. The molecule has 1 amide bonds. The van der Waals surface area contributed by atoms with E-state index in [-0.39, 0.29) is 5.69 Å². The molecule has 0 fully saturated rings. The molecule has 0 aliphatic heterocycles. The summed E-state index contributed by atoms with van der Waals surface area (Å²) in [6.45, 7) is 1.59. The number of nitro groups is 1. The fourth-order valence-corrected chi connectivity index (χ4v) is 1.98. The van der Waals surface area contributed by atoms with Gasteiger partial charge in [0.25, 0.3) is 5.69 Å². The molecular weight excluding hydrogens is 270 g/mol. The molecule has 2 aromatic carbocycles. The van der Waals surface area contributed by atoms with Gasteiger partial charge in [0, 0.05) is 6.07 Å². The maximum absolute atomic E-state index is 12.1. The third kappa shape index (κ3) is 3.24. The number of nitro benzene ring substituents is 1. The number of rotatable bonds is 4. The molecule has 21 heavy (non-hydrogen) atoms. The molecule has 0 spiro atoms. The van der Waals surface area contributed by atoms with Crippen molar-refractivity contribution in [3.8, 4) is 0 Å². The molecule has 0 heterocycles. The number of benzene rings is 2. The van der Waals surface area contributed by atoms with Crippen molar-refractivity contribution >= 4 is 17.3 Å². The number of nitrogens with two attached hydrogens (primary N) is 1. The molecule has 0 saturated heterocycles. The zero-order chi connectivity index (χ0) is 15.4. The Morgan fingerprint density at radius 2 is 1.86 bits per heavy atom. The first-order valence-corrected chi connectivity index (χ1v) is 6.36. The van der Waals surface area contributed by atoms with Gasteiger partial charge in [-0.1, -0.05) is 36.4 Å². The summed E-state index contributed by atoms with van der Waals surface area (Å²) in [5.74, 6) is -0.412. The summed E-state index contributed by atoms with van der Waals surface area (Å²) in [6.07, 6.45) is 0. The summed E-state index contributed by atoms with van der Waals surface area (Å²) < 4.78 is 0. The zero-order valence-electron chi connectivity index (χ0n) is 11.4. The van der Waals surface area contributed by atoms with Gasteiger partial charge in [0.1, 0.15) is 6.04 Å². The fourth-order valence-electron chi connectivity index (χ4n) is 1.98. The number of hydrogen-bond donors (Lipinski definition) is 2. The highest BCUT2D eigenvalue weighted by Crippen LogP contribution is 2.25. The van der Waals surface area contributed by atoms with Crippen LogP contribution in [-0.2, 0) is 4.79 Å². The highest BCUT2D eigenvalue weighted by molar-refractivity contribution is 5.96. The van der Waals surface area contributed by atoms with Crippen molar-refractivity contribution in [1.29, 1.82) is 0 Å². The monoisotopic (exact) mass is 285 g/mol. The summed E-state index contributed by atoms with van der Waals surface area (Å²) in [6, 6.07) is 12.6. The third-order valence-corrected chi connectivity index (χ3v) is 3.20. The quantitative estimate of drug-likeness (QED) is 0.666. The van der Waals surface area contributed by atoms with Crippen LogP contribution >= 0.6 is 0 Å². The van der Waals surface area contributed by atoms with Crippen molar-refractivity contribution in [1.82, 2.24) is 0 Å². The molecule has 6 heteroatoms. The van der Waals surface area contributed by atoms with Gasteiger partial charge in [-0.15, -0.1) is 0 Å². The first-order chi connectivity index (χ1) is 10.0. The molecular formula is C15H15N3O3. The van der Waals surface area contributed by atoms with Crippen LogP contribution in [0.3, 0.4) is 0 Å². The summed E-state index contributed by atoms with van der Waals surface area (Å²) in [7, 11) is 0. The van der Waals surface area contributed by atoms with E-state index in [0.29, 0.717) is 16.8 Å². The number of anilines is 1. The van der Waals surface area contributed by atoms with Gasteiger partial charge in [-0.3, -0.25) is 14.9 Å². The number of hydrogen-bond acceptors (Lipinski definition) is 4. The van der Waals surface area contributed by atoms with Crippen molar-refractivity contribution in [2.24, 2.45) is 5.73 Å². The Morgan fingerprint density at radius 3 is 2.48 bits per heavy atom. The van der Waals surface area contributed by atoms with E-state index in [1.165, 1.54) is 12.1 Å². The lowest BCUT2D eigenvalue weighted by Gasteiger charge is -2.14. The normalized spacial score (nSPS) is 11.7. The standard InChI is InChI=1S/C15H15N3O3/c1-10-12(8-5-9-13(10)18(20)21)17-15(19)14(16)11-6-3-2-4-7-11/h2-9,14H,16H2,1H3,(H,17,19). The average molecular weight is 285 g/mol. The van der Waals surface area contributed by atoms with E-state index in [4.69, 9.17) is 5.73 Å². The van der Waals surface area contributed by atoms with E-state index in [1.807, 2.05) is 6.07 Å². The van der Waals surface area contributed by atoms with Gasteiger partial charge in [-0.25, -0.2) is 0 Å². The van der Waals surface area contributed by atoms with Crippen molar-refractivity contribution in [3.63, 3.8) is 0 Å². The first kappa shape index (κ1) is 14.7. The Kier molecular flexibility index (Phi) is 4.30. The highest BCUT2D eigenvalue weighted by Gasteiger charge is 2.19. The van der Waals surface area contributed by atoms with Crippen LogP contribution in [0.15, 0.2) is 48.5 Å². The van der Waals surface area contributed by atoms with E-state index in [1.54, 1.807) is 37.3 Å². The van der Waals surface area contributed by atoms with Crippen LogP contribution in [-0.4, -0.2) is 10.8 Å². The minimum Gasteiger partial charge on any atom is -0.324 e. The Labute approximate surface area is 121 Å². The maximum atomic E-state index is 12.1. The molecule has 3 N–H and O–H groups in total. The second-order valence-corrected chi connectivity index (χ2v) is 4.58. The summed E-state index contributed by atoms with van der Waals surface area (Å²) in [4.78, 5) is 22.5. The fraction of sp³-hybridized carbons (Fsp3) is 0.133. The number of carbonyl (C=O) groups excluding carboxylic acids is 1. The van der Waals surface area contributed by atoms with E-state index >= 15 is 0 Å². The molecule has 1 unspecified atom stereocenters. The molecule has 0 aromatic heterocycles. The van der Waals surface area contributed by atoms with Crippen molar-refractivity contribution in [2.75, 3.05) is 5.32 Å². The predicted octanol–water partition coefficient (Wildman–Crippen LogP) is 2.54. The smallest absolute Gasteiger partial charge is 0.274 e. The minimum atomic E-state index is -0.829. The van der Waals surface area contributed by atoms with Crippen LogP contribution in [0.4, 0.5) is 11.4 Å². The Morgan fingerprint density at radius 1 is 1.19 bits per heavy atom. The molecule has 6 nitrogen and oxygen atoms in total. The van der Waals surface area contributed by atoms with Gasteiger partial charge < -0.3 is 11.1 Å². The predicted molar refractivity (Wildman–Crippen MR) is 79.8 cm³/mol. The summed E-state index contributed by atoms with van der Waals surface area (Å²) in [5.41, 5.74) is 7.32. The van der Waals surface area contributed by atoms with Crippen molar-refractivity contribution < 1.29 is 9.72 Å². The molecule has 0 aliphatic rings. The van der Waals surface area contributed by atoms with Gasteiger partial charge >= 0.3 is 0 Å². The molecule has 2 rings (SSSR count). The van der Waals surface area contributed by atoms with Gasteiger partial charge in [-0.05, 0) is 18.6 Å². The number of nitrogens with zero attached hydrogens (tertiary/aromatic N) is 1. The Balaban J connectivity index is 2.21. The van der Waals surface area contributed by atoms with E-state index < -0.39 is 16.9 Å². The second-order valence-electron chi connectivity index (χ2n) is 4.58. The van der Waals surface area contributed by atoms with E-state index in [0.717, 1.165) is 0 Å². The van der Waals surface area contributed by atoms with Crippen molar-refractivity contribution in [2.45, 2.75) is 13.0 Å². The average Bonchev–Trinajstić information content (AvgIpc) is 2.49. The number of nitrogens with one attached hydrogen (secondary N) is 1. The molecule has 0 radical (unpaired) electrons. The lowest BCUT2D eigenvalue weighted by Crippen LogP contribution is -2.28. The summed E-state index contributed by atoms with van der Waals surface area (Å²) >= 11 is 0. The Bertz CT molecular complexity index is 671. The van der Waals surface area contributed by atoms with Crippen LogP contribution < -0.4 is 11.1 Å². The van der Waals surface area contributed by atoms with E-state index in [9.17, 15) is 14.9 Å². The van der Waals surface area contributed by atoms with Crippen molar-refractivity contribution in [3.05, 3.63) is 69.8 Å². The molecule has 0 saturated carbocycles. The van der Waals surface area contributed by atoms with Crippen LogP contribution in [0.25, 0.3) is 0 Å². The van der Waals surface area contributed by atoms with Crippen LogP contribution in [0.2, 0.25) is 0 Å². The first-order valence-electron chi connectivity index (χ1n) is 6.36. The topological polar surface area (TPSA) is 98.3 Å². The SMILES string of the molecule is Cc1c(NC(=O)C(N)c2ccccc2)cccc1[N+](=O)[O-]. The Hall–Kier alpha value is -2.73. The third-order valence-electron chi connectivity index (χ3n) is 3.20. The molecule has 0 aliphatic carbocycles. The maximum Gasteiger partial charge on any atom is 0.274 e. The van der Waals surface area contributed by atoms with Crippen LogP contribution in [0, 0.1) is 17.0 Å². The summed E-state index contributed by atoms with van der Waals surface area (Å²) in [5, 5.41) is 13.5. The van der Waals surface area contributed by atoms with Crippen LogP contribution in [0.1, 0.15) is 17.2 Å². The van der Waals surface area contributed by atoms with Crippen LogP contribution in [0.5, 0.6) is 0 Å². The van der Waals surface area contributed by atoms with Gasteiger partial charge in [-0.2, -0.15) is 0 Å².